The number of hydrogen-bond acceptors (Lipinski definition) is 2. The smallest absolute Gasteiger partial charge is 0.0799 e. The molecule has 34 heavy (non-hydrogen) atoms. The van der Waals surface area contributed by atoms with Crippen LogP contribution < -0.4 is 21.9 Å². The van der Waals surface area contributed by atoms with Gasteiger partial charge in [-0.3, -0.25) is 0 Å². The van der Waals surface area contributed by atoms with Gasteiger partial charge in [-0.15, -0.1) is 0 Å². The third-order valence-corrected chi connectivity index (χ3v) is 8.22. The van der Waals surface area contributed by atoms with Crippen molar-refractivity contribution in [2.75, 3.05) is 38.6 Å². The lowest BCUT2D eigenvalue weighted by molar-refractivity contribution is -0.890. The average Bonchev–Trinajstić information content (AvgIpc) is 2.80. The number of para-hydroxylation sites is 1. The summed E-state index contributed by atoms with van der Waals surface area (Å²) < 4.78 is 1.11. The minimum Gasteiger partial charge on any atom is -1.00 e. The molecular weight excluding hydrogens is 524 g/mol. The minimum atomic E-state index is 0. The summed E-state index contributed by atoms with van der Waals surface area (Å²) >= 11 is 8.22. The van der Waals surface area contributed by atoms with Crippen LogP contribution in [0.3, 0.4) is 0 Å². The first-order valence-corrected chi connectivity index (χ1v) is 14.4. The molecule has 0 saturated heterocycles. The maximum Gasteiger partial charge on any atom is 0.0799 e. The van der Waals surface area contributed by atoms with E-state index in [1.807, 2.05) is 17.8 Å². The Labute approximate surface area is 228 Å². The number of unbranched alkanes of at least 4 members (excludes halogenated alkanes) is 9. The van der Waals surface area contributed by atoms with Gasteiger partial charge in [-0.1, -0.05) is 93.8 Å². The van der Waals surface area contributed by atoms with E-state index in [1.165, 1.54) is 105 Å². The van der Waals surface area contributed by atoms with Gasteiger partial charge < -0.3 is 26.4 Å². The first kappa shape index (κ1) is 29.5. The highest BCUT2D eigenvalue weighted by Gasteiger charge is 2.24. The van der Waals surface area contributed by atoms with Crippen LogP contribution in [0, 0.1) is 0 Å². The van der Waals surface area contributed by atoms with Gasteiger partial charge in [0.2, 0.25) is 0 Å². The Bertz CT molecular complexity index is 858. The van der Waals surface area contributed by atoms with E-state index >= 15 is 0 Å². The Kier molecular flexibility index (Phi) is 13.4. The van der Waals surface area contributed by atoms with E-state index < -0.39 is 0 Å². The topological polar surface area (TPSA) is 3.24 Å². The van der Waals surface area contributed by atoms with Crippen molar-refractivity contribution in [1.29, 1.82) is 0 Å². The molecule has 0 spiro atoms. The zero-order valence-electron chi connectivity index (χ0n) is 21.5. The van der Waals surface area contributed by atoms with Gasteiger partial charge >= 0.3 is 0 Å². The predicted molar refractivity (Wildman–Crippen MR) is 147 cm³/mol. The van der Waals surface area contributed by atoms with Crippen molar-refractivity contribution in [3.63, 3.8) is 0 Å². The number of anilines is 2. The van der Waals surface area contributed by atoms with Gasteiger partial charge in [-0.05, 0) is 43.2 Å². The molecule has 2 aromatic carbocycles. The zero-order valence-corrected chi connectivity index (χ0v) is 24.7. The van der Waals surface area contributed by atoms with Crippen molar-refractivity contribution in [3.8, 4) is 0 Å². The fourth-order valence-electron chi connectivity index (χ4n) is 4.84. The summed E-state index contributed by atoms with van der Waals surface area (Å²) in [6.07, 6.45) is 15.3. The average molecular weight is 568 g/mol. The standard InChI is InChI=1S/C29H44ClN2S.BrH/c1-4-5-6-7-8-9-10-11-12-15-22-32(2,3)23-16-21-31-26-17-13-14-18-28(26)33-29-20-19-25(30)24-27(29)31;/h13-14,17-20,24H,4-12,15-16,21-23H2,1-3H3;1H/q+1;/p-1. The second kappa shape index (κ2) is 15.4. The summed E-state index contributed by atoms with van der Waals surface area (Å²) in [5, 5.41) is 0.816. The molecule has 190 valence electrons. The van der Waals surface area contributed by atoms with Crippen LogP contribution in [-0.2, 0) is 0 Å². The second-order valence-corrected chi connectivity index (χ2v) is 11.8. The summed E-state index contributed by atoms with van der Waals surface area (Å²) in [5.41, 5.74) is 2.57. The molecule has 0 N–H and O–H groups in total. The highest BCUT2D eigenvalue weighted by atomic mass is 79.9. The lowest BCUT2D eigenvalue weighted by Crippen LogP contribution is -3.00. The molecule has 0 amide bonds. The molecule has 0 unspecified atom stereocenters. The van der Waals surface area contributed by atoms with Crippen LogP contribution in [0.25, 0.3) is 0 Å². The number of rotatable bonds is 15. The van der Waals surface area contributed by atoms with Crippen LogP contribution in [0.4, 0.5) is 11.4 Å². The van der Waals surface area contributed by atoms with Crippen molar-refractivity contribution >= 4 is 34.7 Å². The Morgan fingerprint density at radius 1 is 0.735 bits per heavy atom. The number of halogens is 2. The molecule has 1 heterocycles. The Hall–Kier alpha value is -0.680. The van der Waals surface area contributed by atoms with Gasteiger partial charge in [0.05, 0.1) is 38.6 Å². The molecule has 0 fully saturated rings. The number of nitrogens with zero attached hydrogens (tertiary/aromatic N) is 2. The van der Waals surface area contributed by atoms with E-state index in [2.05, 4.69) is 62.3 Å². The third-order valence-electron chi connectivity index (χ3n) is 6.85. The van der Waals surface area contributed by atoms with Crippen molar-refractivity contribution < 1.29 is 21.5 Å². The molecular formula is C29H44BrClN2S. The number of benzene rings is 2. The van der Waals surface area contributed by atoms with Crippen LogP contribution in [0.2, 0.25) is 5.02 Å². The molecule has 5 heteroatoms. The van der Waals surface area contributed by atoms with E-state index in [0.29, 0.717) is 0 Å². The normalized spacial score (nSPS) is 12.8. The number of quaternary nitrogens is 1. The van der Waals surface area contributed by atoms with Crippen LogP contribution in [0.5, 0.6) is 0 Å². The van der Waals surface area contributed by atoms with E-state index in [4.69, 9.17) is 11.6 Å². The molecule has 0 atom stereocenters. The van der Waals surface area contributed by atoms with Gasteiger partial charge in [-0.25, -0.2) is 0 Å². The summed E-state index contributed by atoms with van der Waals surface area (Å²) in [4.78, 5) is 5.12. The molecule has 3 rings (SSSR count). The zero-order chi connectivity index (χ0) is 23.5. The van der Waals surface area contributed by atoms with Gasteiger partial charge in [0, 0.05) is 27.8 Å². The highest BCUT2D eigenvalue weighted by molar-refractivity contribution is 7.99. The van der Waals surface area contributed by atoms with Gasteiger partial charge in [-0.2, -0.15) is 0 Å². The first-order chi connectivity index (χ1) is 16.0. The van der Waals surface area contributed by atoms with Gasteiger partial charge in [0.15, 0.2) is 0 Å². The SMILES string of the molecule is CCCCCCCCCCCC[N+](C)(C)CCCN1c2ccccc2Sc2ccc(Cl)cc21.[Br-]. The third kappa shape index (κ3) is 9.41. The van der Waals surface area contributed by atoms with Crippen LogP contribution in [-0.4, -0.2) is 38.2 Å². The molecule has 2 nitrogen and oxygen atoms in total. The lowest BCUT2D eigenvalue weighted by Gasteiger charge is -2.35. The van der Waals surface area contributed by atoms with Crippen molar-refractivity contribution in [2.45, 2.75) is 87.3 Å². The number of fused-ring (bicyclic) bond motifs is 2. The molecule has 0 aliphatic carbocycles. The van der Waals surface area contributed by atoms with Crippen molar-refractivity contribution in [3.05, 3.63) is 47.5 Å². The van der Waals surface area contributed by atoms with Crippen molar-refractivity contribution in [1.82, 2.24) is 0 Å². The Balaban J connectivity index is 0.00000408. The van der Waals surface area contributed by atoms with E-state index in [0.717, 1.165) is 16.1 Å². The van der Waals surface area contributed by atoms with E-state index in [-0.39, 0.29) is 17.0 Å². The minimum absolute atomic E-state index is 0. The largest absolute Gasteiger partial charge is 1.00 e. The maximum atomic E-state index is 6.37. The fourth-order valence-corrected chi connectivity index (χ4v) is 6.08. The fraction of sp³-hybridized carbons (Fsp3) is 0.586. The summed E-state index contributed by atoms with van der Waals surface area (Å²) in [6.45, 7) is 5.82. The molecule has 1 aliphatic rings. The highest BCUT2D eigenvalue weighted by Crippen LogP contribution is 2.48. The van der Waals surface area contributed by atoms with Crippen LogP contribution >= 0.6 is 23.4 Å². The monoisotopic (exact) mass is 566 g/mol. The predicted octanol–water partition coefficient (Wildman–Crippen LogP) is 6.33. The molecule has 0 radical (unpaired) electrons. The molecule has 0 bridgehead atoms. The molecule has 0 saturated carbocycles. The van der Waals surface area contributed by atoms with E-state index in [1.54, 1.807) is 0 Å². The second-order valence-electron chi connectivity index (χ2n) is 10.3. The molecule has 1 aliphatic heterocycles. The van der Waals surface area contributed by atoms with Crippen LogP contribution in [0.15, 0.2) is 52.3 Å². The molecule has 0 aromatic heterocycles. The number of hydrogen-bond donors (Lipinski definition) is 0. The van der Waals surface area contributed by atoms with Crippen LogP contribution in [0.1, 0.15) is 77.6 Å². The first-order valence-electron chi connectivity index (χ1n) is 13.2. The lowest BCUT2D eigenvalue weighted by atomic mass is 10.1. The van der Waals surface area contributed by atoms with E-state index in [9.17, 15) is 0 Å². The summed E-state index contributed by atoms with van der Waals surface area (Å²) in [6, 6.07) is 15.1. The Morgan fingerprint density at radius 3 is 2.03 bits per heavy atom. The van der Waals surface area contributed by atoms with Gasteiger partial charge in [0.1, 0.15) is 0 Å². The Morgan fingerprint density at radius 2 is 1.32 bits per heavy atom. The van der Waals surface area contributed by atoms with Crippen molar-refractivity contribution in [2.24, 2.45) is 0 Å². The quantitative estimate of drug-likeness (QED) is 0.183. The summed E-state index contributed by atoms with van der Waals surface area (Å²) in [5.74, 6) is 0. The molecule has 2 aromatic rings. The maximum absolute atomic E-state index is 6.37. The summed E-state index contributed by atoms with van der Waals surface area (Å²) in [7, 11) is 4.80. The van der Waals surface area contributed by atoms with Gasteiger partial charge in [0.25, 0.3) is 0 Å².